The minimum Gasteiger partial charge on any atom is -0.402 e. The van der Waals surface area contributed by atoms with Crippen LogP contribution in [0.2, 0.25) is 0 Å². The summed E-state index contributed by atoms with van der Waals surface area (Å²) in [7, 11) is 0. The van der Waals surface area contributed by atoms with Crippen molar-refractivity contribution in [2.75, 3.05) is 0 Å². The van der Waals surface area contributed by atoms with Gasteiger partial charge in [-0.25, -0.2) is 0 Å². The molecule has 0 aromatic carbocycles. The summed E-state index contributed by atoms with van der Waals surface area (Å²) < 4.78 is 0. The van der Waals surface area contributed by atoms with Crippen molar-refractivity contribution in [1.29, 1.82) is 0 Å². The molecule has 0 aliphatic rings. The predicted molar refractivity (Wildman–Crippen MR) is 39.2 cm³/mol. The van der Waals surface area contributed by atoms with Crippen molar-refractivity contribution in [1.82, 2.24) is 0 Å². The van der Waals surface area contributed by atoms with Crippen molar-refractivity contribution < 1.29 is 9.90 Å². The van der Waals surface area contributed by atoms with E-state index in [1.807, 2.05) is 0 Å². The molecule has 0 spiro atoms. The van der Waals surface area contributed by atoms with E-state index < -0.39 is 6.10 Å². The topological polar surface area (TPSA) is 63.3 Å². The third-order valence-electron chi connectivity index (χ3n) is 0.885. The lowest BCUT2D eigenvalue weighted by atomic mass is 10.2. The normalized spacial score (nSPS) is 14.9. The van der Waals surface area contributed by atoms with Gasteiger partial charge >= 0.3 is 0 Å². The SMILES string of the molecule is C/C(N)=C/C(=O)CC(C)O. The van der Waals surface area contributed by atoms with Gasteiger partial charge in [-0.3, -0.25) is 4.79 Å². The largest absolute Gasteiger partial charge is 0.402 e. The minimum absolute atomic E-state index is 0.130. The molecular weight excluding hydrogens is 130 g/mol. The van der Waals surface area contributed by atoms with Crippen molar-refractivity contribution in [3.05, 3.63) is 11.8 Å². The standard InChI is InChI=1S/C7H13NO2/c1-5(8)3-7(10)4-6(2)9/h3,6,9H,4,8H2,1-2H3/b5-3-. The maximum Gasteiger partial charge on any atom is 0.159 e. The van der Waals surface area contributed by atoms with E-state index >= 15 is 0 Å². The van der Waals surface area contributed by atoms with Crippen LogP contribution in [0.4, 0.5) is 0 Å². The molecule has 1 atom stereocenters. The number of carbonyl (C=O) groups is 1. The molecule has 3 N–H and O–H groups in total. The molecule has 0 aliphatic carbocycles. The van der Waals surface area contributed by atoms with Gasteiger partial charge in [0.2, 0.25) is 0 Å². The monoisotopic (exact) mass is 143 g/mol. The van der Waals surface area contributed by atoms with E-state index in [1.165, 1.54) is 6.08 Å². The van der Waals surface area contributed by atoms with Crippen LogP contribution in [0.25, 0.3) is 0 Å². The molecule has 0 radical (unpaired) electrons. The summed E-state index contributed by atoms with van der Waals surface area (Å²) in [5.41, 5.74) is 5.71. The Kier molecular flexibility index (Phi) is 3.72. The van der Waals surface area contributed by atoms with Crippen LogP contribution in [0.15, 0.2) is 11.8 Å². The lowest BCUT2D eigenvalue weighted by Gasteiger charge is -1.98. The zero-order valence-corrected chi connectivity index (χ0v) is 6.29. The summed E-state index contributed by atoms with van der Waals surface area (Å²) in [6.07, 6.45) is 0.893. The fraction of sp³-hybridized carbons (Fsp3) is 0.571. The summed E-state index contributed by atoms with van der Waals surface area (Å²) in [5.74, 6) is -0.130. The molecule has 0 saturated carbocycles. The fourth-order valence-corrected chi connectivity index (χ4v) is 0.604. The summed E-state index contributed by atoms with van der Waals surface area (Å²) in [6.45, 7) is 3.21. The van der Waals surface area contributed by atoms with Gasteiger partial charge in [0.15, 0.2) is 5.78 Å². The van der Waals surface area contributed by atoms with Crippen LogP contribution >= 0.6 is 0 Å². The number of ketones is 1. The van der Waals surface area contributed by atoms with Crippen molar-refractivity contribution in [2.45, 2.75) is 26.4 Å². The van der Waals surface area contributed by atoms with Gasteiger partial charge in [0.1, 0.15) is 0 Å². The van der Waals surface area contributed by atoms with Gasteiger partial charge < -0.3 is 10.8 Å². The van der Waals surface area contributed by atoms with Crippen LogP contribution in [0, 0.1) is 0 Å². The van der Waals surface area contributed by atoms with Crippen LogP contribution in [-0.2, 0) is 4.79 Å². The molecule has 3 heteroatoms. The fourth-order valence-electron chi connectivity index (χ4n) is 0.604. The number of carbonyl (C=O) groups excluding carboxylic acids is 1. The van der Waals surface area contributed by atoms with Gasteiger partial charge in [-0.05, 0) is 19.9 Å². The first kappa shape index (κ1) is 9.17. The zero-order valence-electron chi connectivity index (χ0n) is 6.29. The van der Waals surface area contributed by atoms with Crippen molar-refractivity contribution in [3.63, 3.8) is 0 Å². The zero-order chi connectivity index (χ0) is 8.15. The second-order valence-corrected chi connectivity index (χ2v) is 2.41. The maximum absolute atomic E-state index is 10.7. The summed E-state index contributed by atoms with van der Waals surface area (Å²) in [4.78, 5) is 10.7. The minimum atomic E-state index is -0.580. The number of hydrogen-bond acceptors (Lipinski definition) is 3. The third-order valence-corrected chi connectivity index (χ3v) is 0.885. The Morgan fingerprint density at radius 2 is 2.30 bits per heavy atom. The first-order valence-corrected chi connectivity index (χ1v) is 3.17. The molecule has 1 unspecified atom stereocenters. The average Bonchev–Trinajstić information content (AvgIpc) is 1.58. The Balaban J connectivity index is 3.76. The lowest BCUT2D eigenvalue weighted by Crippen LogP contribution is -2.08. The van der Waals surface area contributed by atoms with Gasteiger partial charge in [0, 0.05) is 12.1 Å². The number of allylic oxidation sites excluding steroid dienone is 2. The molecule has 3 nitrogen and oxygen atoms in total. The smallest absolute Gasteiger partial charge is 0.159 e. The molecular formula is C7H13NO2. The summed E-state index contributed by atoms with van der Waals surface area (Å²) in [5, 5.41) is 8.74. The van der Waals surface area contributed by atoms with Crippen molar-refractivity contribution in [2.24, 2.45) is 5.73 Å². The number of nitrogens with two attached hydrogens (primary N) is 1. The molecule has 0 aromatic heterocycles. The highest BCUT2D eigenvalue weighted by Gasteiger charge is 2.01. The van der Waals surface area contributed by atoms with E-state index in [0.717, 1.165) is 0 Å². The van der Waals surface area contributed by atoms with E-state index in [2.05, 4.69) is 0 Å². The van der Waals surface area contributed by atoms with Crippen LogP contribution < -0.4 is 5.73 Å². The molecule has 0 heterocycles. The van der Waals surface area contributed by atoms with Crippen LogP contribution in [-0.4, -0.2) is 17.0 Å². The molecule has 58 valence electrons. The van der Waals surface area contributed by atoms with Crippen LogP contribution in [0.5, 0.6) is 0 Å². The second-order valence-electron chi connectivity index (χ2n) is 2.41. The van der Waals surface area contributed by atoms with E-state index in [4.69, 9.17) is 10.8 Å². The van der Waals surface area contributed by atoms with Gasteiger partial charge in [0.05, 0.1) is 6.10 Å². The molecule has 0 bridgehead atoms. The molecule has 0 aliphatic heterocycles. The Labute approximate surface area is 60.5 Å². The number of rotatable bonds is 3. The Morgan fingerprint density at radius 1 is 1.80 bits per heavy atom. The molecule has 0 rings (SSSR count). The van der Waals surface area contributed by atoms with Crippen LogP contribution in [0.3, 0.4) is 0 Å². The Hall–Kier alpha value is -0.830. The molecule has 0 aromatic rings. The van der Waals surface area contributed by atoms with Crippen molar-refractivity contribution in [3.8, 4) is 0 Å². The first-order chi connectivity index (χ1) is 4.52. The number of hydrogen-bond donors (Lipinski definition) is 2. The Morgan fingerprint density at radius 3 is 2.60 bits per heavy atom. The lowest BCUT2D eigenvalue weighted by molar-refractivity contribution is -0.116. The quantitative estimate of drug-likeness (QED) is 0.554. The van der Waals surface area contributed by atoms with Gasteiger partial charge in [-0.2, -0.15) is 0 Å². The maximum atomic E-state index is 10.7. The van der Waals surface area contributed by atoms with Gasteiger partial charge in [-0.15, -0.1) is 0 Å². The van der Waals surface area contributed by atoms with Crippen LogP contribution in [0.1, 0.15) is 20.3 Å². The number of aliphatic hydroxyl groups excluding tert-OH is 1. The highest BCUT2D eigenvalue weighted by Crippen LogP contribution is 1.93. The van der Waals surface area contributed by atoms with E-state index in [1.54, 1.807) is 13.8 Å². The Bertz CT molecular complexity index is 146. The second kappa shape index (κ2) is 4.06. The van der Waals surface area contributed by atoms with E-state index in [0.29, 0.717) is 5.70 Å². The van der Waals surface area contributed by atoms with E-state index in [-0.39, 0.29) is 12.2 Å². The summed E-state index contributed by atoms with van der Waals surface area (Å²) >= 11 is 0. The molecule has 10 heavy (non-hydrogen) atoms. The highest BCUT2D eigenvalue weighted by molar-refractivity contribution is 5.90. The van der Waals surface area contributed by atoms with E-state index in [9.17, 15) is 4.79 Å². The number of aliphatic hydroxyl groups is 1. The average molecular weight is 143 g/mol. The summed E-state index contributed by atoms with van der Waals surface area (Å²) in [6, 6.07) is 0. The molecule has 0 saturated heterocycles. The highest BCUT2D eigenvalue weighted by atomic mass is 16.3. The van der Waals surface area contributed by atoms with Gasteiger partial charge in [-0.1, -0.05) is 0 Å². The molecule has 0 fully saturated rings. The predicted octanol–water partition coefficient (Wildman–Crippen LogP) is 0.189. The first-order valence-electron chi connectivity index (χ1n) is 3.17. The third kappa shape index (κ3) is 5.31. The van der Waals surface area contributed by atoms with Gasteiger partial charge in [0.25, 0.3) is 0 Å². The van der Waals surface area contributed by atoms with Crippen molar-refractivity contribution >= 4 is 5.78 Å². The molecule has 0 amide bonds.